The van der Waals surface area contributed by atoms with Gasteiger partial charge in [0.05, 0.1) is 9.16 Å². The van der Waals surface area contributed by atoms with Gasteiger partial charge in [0.15, 0.2) is 0 Å². The molecule has 1 heterocycles. The minimum Gasteiger partial charge on any atom is -0.133 e. The molecule has 0 saturated carbocycles. The lowest BCUT2D eigenvalue weighted by molar-refractivity contribution is 1.10. The van der Waals surface area contributed by atoms with E-state index in [0.29, 0.717) is 0 Å². The highest BCUT2D eigenvalue weighted by molar-refractivity contribution is 9.11. The lowest BCUT2D eigenvalue weighted by atomic mass is 10.0. The van der Waals surface area contributed by atoms with Crippen LogP contribution in [0.1, 0.15) is 26.9 Å². The molecule has 0 aliphatic heterocycles. The number of hydrogen-bond donors (Lipinski definition) is 0. The number of benzene rings is 1. The molecule has 0 bridgehead atoms. The zero-order valence-electron chi connectivity index (χ0n) is 9.43. The predicted molar refractivity (Wildman–Crippen MR) is 83.3 cm³/mol. The Kier molecular flexibility index (Phi) is 4.35. The van der Waals surface area contributed by atoms with E-state index in [1.165, 1.54) is 16.0 Å². The third kappa shape index (κ3) is 2.95. The molecule has 0 saturated heterocycles. The number of halogens is 3. The van der Waals surface area contributed by atoms with Gasteiger partial charge in [-0.2, -0.15) is 0 Å². The number of aryl methyl sites for hydroxylation is 2. The molecule has 0 nitrogen and oxygen atoms in total. The van der Waals surface area contributed by atoms with Crippen molar-refractivity contribution in [2.45, 2.75) is 19.2 Å². The molecule has 0 aliphatic rings. The quantitative estimate of drug-likeness (QED) is 0.531. The monoisotopic (exact) mass is 392 g/mol. The van der Waals surface area contributed by atoms with E-state index in [9.17, 15) is 0 Å². The van der Waals surface area contributed by atoms with Gasteiger partial charge < -0.3 is 0 Å². The Morgan fingerprint density at radius 2 is 1.82 bits per heavy atom. The van der Waals surface area contributed by atoms with Crippen molar-refractivity contribution in [3.05, 3.63) is 54.1 Å². The number of thiophene rings is 1. The summed E-state index contributed by atoms with van der Waals surface area (Å²) in [7, 11) is 0. The molecule has 0 N–H and O–H groups in total. The molecule has 0 radical (unpaired) electrons. The average Bonchev–Trinajstić information content (AvgIpc) is 2.60. The first-order chi connectivity index (χ1) is 7.99. The largest absolute Gasteiger partial charge is 0.133 e. The predicted octanol–water partition coefficient (Wildman–Crippen LogP) is 6.22. The maximum Gasteiger partial charge on any atom is 0.0849 e. The molecule has 1 unspecified atom stereocenters. The summed E-state index contributed by atoms with van der Waals surface area (Å²) in [5, 5.41) is -0.0879. The van der Waals surface area contributed by atoms with E-state index in [-0.39, 0.29) is 5.38 Å². The van der Waals surface area contributed by atoms with Crippen molar-refractivity contribution in [1.82, 2.24) is 0 Å². The van der Waals surface area contributed by atoms with E-state index in [4.69, 9.17) is 11.6 Å². The van der Waals surface area contributed by atoms with Crippen LogP contribution in [0.5, 0.6) is 0 Å². The molecule has 1 aromatic heterocycles. The van der Waals surface area contributed by atoms with E-state index in [2.05, 4.69) is 63.9 Å². The summed E-state index contributed by atoms with van der Waals surface area (Å²) in [6.45, 7) is 4.20. The van der Waals surface area contributed by atoms with Crippen LogP contribution in [0, 0.1) is 13.8 Å². The second-order valence-corrected chi connectivity index (χ2v) is 7.91. The zero-order chi connectivity index (χ0) is 12.6. The van der Waals surface area contributed by atoms with Crippen LogP contribution in [0.3, 0.4) is 0 Å². The van der Waals surface area contributed by atoms with Crippen molar-refractivity contribution >= 4 is 54.8 Å². The molecular formula is C13H11Br2ClS. The molecule has 4 heteroatoms. The Morgan fingerprint density at radius 1 is 1.12 bits per heavy atom. The number of hydrogen-bond acceptors (Lipinski definition) is 1. The van der Waals surface area contributed by atoms with Crippen LogP contribution in [0.4, 0.5) is 0 Å². The van der Waals surface area contributed by atoms with E-state index < -0.39 is 0 Å². The van der Waals surface area contributed by atoms with Gasteiger partial charge >= 0.3 is 0 Å². The van der Waals surface area contributed by atoms with Crippen molar-refractivity contribution < 1.29 is 0 Å². The normalized spacial score (nSPS) is 12.8. The van der Waals surface area contributed by atoms with Crippen LogP contribution in [0.2, 0.25) is 0 Å². The highest BCUT2D eigenvalue weighted by atomic mass is 79.9. The molecule has 1 atom stereocenters. The molecule has 2 rings (SSSR count). The first-order valence-electron chi connectivity index (χ1n) is 5.15. The molecule has 0 fully saturated rings. The summed E-state index contributed by atoms with van der Waals surface area (Å²) in [6, 6.07) is 8.33. The summed E-state index contributed by atoms with van der Waals surface area (Å²) in [4.78, 5) is 1.26. The molecule has 0 spiro atoms. The van der Waals surface area contributed by atoms with Crippen molar-refractivity contribution in [3.8, 4) is 0 Å². The van der Waals surface area contributed by atoms with Crippen LogP contribution >= 0.6 is 54.8 Å². The summed E-state index contributed by atoms with van der Waals surface area (Å²) in [6.07, 6.45) is 0. The summed E-state index contributed by atoms with van der Waals surface area (Å²) in [5.74, 6) is 0. The molecule has 0 aliphatic carbocycles. The van der Waals surface area contributed by atoms with Crippen LogP contribution in [0.15, 0.2) is 32.5 Å². The van der Waals surface area contributed by atoms with Gasteiger partial charge in [0.2, 0.25) is 0 Å². The highest BCUT2D eigenvalue weighted by Gasteiger charge is 2.17. The van der Waals surface area contributed by atoms with Gasteiger partial charge in [0.25, 0.3) is 0 Å². The molecule has 1 aromatic carbocycles. The Morgan fingerprint density at radius 3 is 2.41 bits per heavy atom. The van der Waals surface area contributed by atoms with Crippen LogP contribution in [-0.4, -0.2) is 0 Å². The lowest BCUT2D eigenvalue weighted by Gasteiger charge is -2.13. The Balaban J connectivity index is 2.46. The van der Waals surface area contributed by atoms with Crippen molar-refractivity contribution in [2.24, 2.45) is 0 Å². The molecule has 17 heavy (non-hydrogen) atoms. The third-order valence-electron chi connectivity index (χ3n) is 2.71. The van der Waals surface area contributed by atoms with Crippen molar-refractivity contribution in [1.29, 1.82) is 0 Å². The summed E-state index contributed by atoms with van der Waals surface area (Å²) >= 11 is 15.3. The second-order valence-electron chi connectivity index (χ2n) is 3.93. The second kappa shape index (κ2) is 5.43. The minimum absolute atomic E-state index is 0.0879. The topological polar surface area (TPSA) is 0 Å². The molecule has 2 aromatic rings. The number of alkyl halides is 1. The van der Waals surface area contributed by atoms with Gasteiger partial charge in [-0.05, 0) is 64.7 Å². The summed E-state index contributed by atoms with van der Waals surface area (Å²) < 4.78 is 2.19. The Bertz CT molecular complexity index is 548. The Hall–Kier alpha value is 0.170. The van der Waals surface area contributed by atoms with Crippen LogP contribution < -0.4 is 0 Å². The third-order valence-corrected chi connectivity index (χ3v) is 5.25. The standard InChI is InChI=1S/C13H11Br2ClS/c1-7-3-4-9(14)5-10(7)13(16)11-6-12(15)17-8(11)2/h3-6,13H,1-2H3. The van der Waals surface area contributed by atoms with Crippen LogP contribution in [-0.2, 0) is 0 Å². The minimum atomic E-state index is -0.0879. The average molecular weight is 395 g/mol. The van der Waals surface area contributed by atoms with E-state index in [0.717, 1.165) is 13.8 Å². The van der Waals surface area contributed by atoms with Gasteiger partial charge in [0, 0.05) is 9.35 Å². The van der Waals surface area contributed by atoms with Gasteiger partial charge in [-0.3, -0.25) is 0 Å². The fraction of sp³-hybridized carbons (Fsp3) is 0.231. The Labute approximate surface area is 127 Å². The maximum atomic E-state index is 6.59. The smallest absolute Gasteiger partial charge is 0.0849 e. The van der Waals surface area contributed by atoms with Crippen molar-refractivity contribution in [2.75, 3.05) is 0 Å². The first kappa shape index (κ1) is 13.6. The zero-order valence-corrected chi connectivity index (χ0v) is 14.2. The fourth-order valence-electron chi connectivity index (χ4n) is 1.76. The van der Waals surface area contributed by atoms with E-state index in [1.54, 1.807) is 11.3 Å². The summed E-state index contributed by atoms with van der Waals surface area (Å²) in [5.41, 5.74) is 3.56. The molecule has 0 amide bonds. The lowest BCUT2D eigenvalue weighted by Crippen LogP contribution is -1.96. The highest BCUT2D eigenvalue weighted by Crippen LogP contribution is 2.39. The fourth-order valence-corrected chi connectivity index (χ4v) is 4.42. The maximum absolute atomic E-state index is 6.59. The van der Waals surface area contributed by atoms with Crippen molar-refractivity contribution in [3.63, 3.8) is 0 Å². The van der Waals surface area contributed by atoms with Gasteiger partial charge in [-0.1, -0.05) is 22.0 Å². The van der Waals surface area contributed by atoms with Gasteiger partial charge in [0.1, 0.15) is 0 Å². The number of rotatable bonds is 2. The van der Waals surface area contributed by atoms with E-state index in [1.807, 2.05) is 6.07 Å². The molecule has 90 valence electrons. The first-order valence-corrected chi connectivity index (χ1v) is 7.99. The van der Waals surface area contributed by atoms with Crippen LogP contribution in [0.25, 0.3) is 0 Å². The van der Waals surface area contributed by atoms with Gasteiger partial charge in [-0.25, -0.2) is 0 Å². The van der Waals surface area contributed by atoms with E-state index >= 15 is 0 Å². The van der Waals surface area contributed by atoms with Gasteiger partial charge in [-0.15, -0.1) is 22.9 Å². The SMILES string of the molecule is Cc1ccc(Br)cc1C(Cl)c1cc(Br)sc1C. The molecular weight excluding hydrogens is 383 g/mol.